The van der Waals surface area contributed by atoms with Crippen LogP contribution in [-0.2, 0) is 0 Å². The van der Waals surface area contributed by atoms with Gasteiger partial charge >= 0.3 is 6.03 Å². The van der Waals surface area contributed by atoms with Gasteiger partial charge in [-0.2, -0.15) is 0 Å². The number of nitrogens with zero attached hydrogens (tertiary/aromatic N) is 1. The average Bonchev–Trinajstić information content (AvgIpc) is 2.40. The monoisotopic (exact) mass is 272 g/mol. The van der Waals surface area contributed by atoms with Crippen LogP contribution in [0.25, 0.3) is 11.1 Å². The van der Waals surface area contributed by atoms with Gasteiger partial charge in [-0.3, -0.25) is 0 Å². The number of carbonyl (C=O) groups is 1. The Morgan fingerprint density at radius 3 is 2.55 bits per heavy atom. The molecule has 0 fully saturated rings. The number of rotatable bonds is 2. The van der Waals surface area contributed by atoms with Crippen molar-refractivity contribution in [3.05, 3.63) is 53.8 Å². The van der Waals surface area contributed by atoms with Crippen LogP contribution in [0.5, 0.6) is 0 Å². The summed E-state index contributed by atoms with van der Waals surface area (Å²) in [6, 6.07) is 11.8. The Kier molecular flexibility index (Phi) is 4.03. The number of hydrogen-bond acceptors (Lipinski definition) is 1. The topological polar surface area (TPSA) is 32.3 Å². The van der Waals surface area contributed by atoms with Crippen molar-refractivity contribution in [3.63, 3.8) is 0 Å². The third kappa shape index (κ3) is 3.15. The number of aryl methyl sites for hydroxylation is 1. The Labute approximate surface area is 118 Å². The standard InChI is InChI=1S/C16H17FN2O/c1-11-7-8-15(18-16(20)19(2)3)14(9-11)12-5-4-6-13(17)10-12/h4-10H,1-3H3,(H,18,20). The summed E-state index contributed by atoms with van der Waals surface area (Å²) in [4.78, 5) is 13.2. The van der Waals surface area contributed by atoms with Crippen LogP contribution in [-0.4, -0.2) is 25.0 Å². The second kappa shape index (κ2) is 5.74. The third-order valence-electron chi connectivity index (χ3n) is 2.96. The number of carbonyl (C=O) groups excluding carboxylic acids is 1. The van der Waals surface area contributed by atoms with E-state index < -0.39 is 0 Å². The number of amides is 2. The lowest BCUT2D eigenvalue weighted by molar-refractivity contribution is 0.230. The Morgan fingerprint density at radius 1 is 1.15 bits per heavy atom. The van der Waals surface area contributed by atoms with Crippen molar-refractivity contribution in [1.82, 2.24) is 4.90 Å². The van der Waals surface area contributed by atoms with E-state index in [1.54, 1.807) is 20.2 Å². The molecule has 0 aliphatic rings. The minimum atomic E-state index is -0.297. The summed E-state index contributed by atoms with van der Waals surface area (Å²) < 4.78 is 13.4. The quantitative estimate of drug-likeness (QED) is 0.883. The van der Waals surface area contributed by atoms with Crippen LogP contribution in [0, 0.1) is 12.7 Å². The highest BCUT2D eigenvalue weighted by Gasteiger charge is 2.10. The van der Waals surface area contributed by atoms with Crippen molar-refractivity contribution in [3.8, 4) is 11.1 Å². The molecule has 2 aromatic rings. The number of nitrogens with one attached hydrogen (secondary N) is 1. The first-order chi connectivity index (χ1) is 9.47. The SMILES string of the molecule is Cc1ccc(NC(=O)N(C)C)c(-c2cccc(F)c2)c1. The van der Waals surface area contributed by atoms with Crippen molar-refractivity contribution in [2.24, 2.45) is 0 Å². The molecule has 0 saturated heterocycles. The first kappa shape index (κ1) is 14.1. The second-order valence-electron chi connectivity index (χ2n) is 4.88. The summed E-state index contributed by atoms with van der Waals surface area (Å²) in [6.45, 7) is 1.96. The first-order valence-electron chi connectivity index (χ1n) is 6.32. The maximum absolute atomic E-state index is 13.4. The first-order valence-corrected chi connectivity index (χ1v) is 6.32. The Hall–Kier alpha value is -2.36. The third-order valence-corrected chi connectivity index (χ3v) is 2.96. The Bertz CT molecular complexity index is 638. The smallest absolute Gasteiger partial charge is 0.321 e. The zero-order valence-electron chi connectivity index (χ0n) is 11.8. The molecule has 0 spiro atoms. The molecule has 0 aliphatic carbocycles. The lowest BCUT2D eigenvalue weighted by Crippen LogP contribution is -2.27. The molecule has 0 bridgehead atoms. The summed E-state index contributed by atoms with van der Waals surface area (Å²) in [6.07, 6.45) is 0. The molecule has 20 heavy (non-hydrogen) atoms. The van der Waals surface area contributed by atoms with Gasteiger partial charge in [0.05, 0.1) is 5.69 Å². The zero-order valence-corrected chi connectivity index (χ0v) is 11.8. The van der Waals surface area contributed by atoms with E-state index in [1.807, 2.05) is 31.2 Å². The molecule has 1 N–H and O–H groups in total. The molecule has 2 amide bonds. The van der Waals surface area contributed by atoms with Gasteiger partial charge in [-0.1, -0.05) is 23.8 Å². The second-order valence-corrected chi connectivity index (χ2v) is 4.88. The van der Waals surface area contributed by atoms with Crippen molar-refractivity contribution >= 4 is 11.7 Å². The molecule has 0 unspecified atom stereocenters. The molecule has 0 aromatic heterocycles. The van der Waals surface area contributed by atoms with Gasteiger partial charge in [0.25, 0.3) is 0 Å². The van der Waals surface area contributed by atoms with Crippen LogP contribution in [0.4, 0.5) is 14.9 Å². The van der Waals surface area contributed by atoms with Crippen molar-refractivity contribution in [2.45, 2.75) is 6.92 Å². The molecule has 0 aliphatic heterocycles. The molecule has 0 radical (unpaired) electrons. The summed E-state index contributed by atoms with van der Waals surface area (Å²) in [5, 5.41) is 2.82. The lowest BCUT2D eigenvalue weighted by Gasteiger charge is -2.16. The molecule has 0 atom stereocenters. The highest BCUT2D eigenvalue weighted by atomic mass is 19.1. The van der Waals surface area contributed by atoms with E-state index in [4.69, 9.17) is 0 Å². The molecule has 0 heterocycles. The maximum atomic E-state index is 13.4. The predicted octanol–water partition coefficient (Wildman–Crippen LogP) is 3.89. The van der Waals surface area contributed by atoms with E-state index in [0.717, 1.165) is 16.7 Å². The van der Waals surface area contributed by atoms with Gasteiger partial charge in [-0.15, -0.1) is 0 Å². The van der Waals surface area contributed by atoms with Gasteiger partial charge in [0.2, 0.25) is 0 Å². The fourth-order valence-corrected chi connectivity index (χ4v) is 1.89. The van der Waals surface area contributed by atoms with Crippen LogP contribution in [0.15, 0.2) is 42.5 Å². The molecule has 2 aromatic carbocycles. The number of urea groups is 1. The summed E-state index contributed by atoms with van der Waals surface area (Å²) in [5.41, 5.74) is 3.26. The van der Waals surface area contributed by atoms with E-state index >= 15 is 0 Å². The van der Waals surface area contributed by atoms with Crippen LogP contribution < -0.4 is 5.32 Å². The Balaban J connectivity index is 2.46. The summed E-state index contributed by atoms with van der Waals surface area (Å²) in [5.74, 6) is -0.297. The van der Waals surface area contributed by atoms with Crippen LogP contribution in [0.3, 0.4) is 0 Å². The molecule has 2 rings (SSSR count). The maximum Gasteiger partial charge on any atom is 0.321 e. The predicted molar refractivity (Wildman–Crippen MR) is 79.3 cm³/mol. The van der Waals surface area contributed by atoms with Gasteiger partial charge < -0.3 is 10.2 Å². The van der Waals surface area contributed by atoms with Gasteiger partial charge in [0, 0.05) is 19.7 Å². The number of hydrogen-bond donors (Lipinski definition) is 1. The largest absolute Gasteiger partial charge is 0.331 e. The fraction of sp³-hybridized carbons (Fsp3) is 0.188. The van der Waals surface area contributed by atoms with Crippen LogP contribution >= 0.6 is 0 Å². The molecule has 3 nitrogen and oxygen atoms in total. The van der Waals surface area contributed by atoms with Gasteiger partial charge in [0.15, 0.2) is 0 Å². The average molecular weight is 272 g/mol. The zero-order chi connectivity index (χ0) is 14.7. The van der Waals surface area contributed by atoms with Gasteiger partial charge in [0.1, 0.15) is 5.82 Å². The molecule has 104 valence electrons. The molecular weight excluding hydrogens is 255 g/mol. The normalized spacial score (nSPS) is 10.2. The lowest BCUT2D eigenvalue weighted by atomic mass is 10.0. The van der Waals surface area contributed by atoms with Crippen LogP contribution in [0.2, 0.25) is 0 Å². The minimum absolute atomic E-state index is 0.216. The number of benzene rings is 2. The molecule has 4 heteroatoms. The van der Waals surface area contributed by atoms with E-state index in [-0.39, 0.29) is 11.8 Å². The van der Waals surface area contributed by atoms with Crippen molar-refractivity contribution in [2.75, 3.05) is 19.4 Å². The molecule has 0 saturated carbocycles. The number of anilines is 1. The highest BCUT2D eigenvalue weighted by Crippen LogP contribution is 2.29. The summed E-state index contributed by atoms with van der Waals surface area (Å²) in [7, 11) is 3.34. The Morgan fingerprint density at radius 2 is 1.90 bits per heavy atom. The summed E-state index contributed by atoms with van der Waals surface area (Å²) >= 11 is 0. The van der Waals surface area contributed by atoms with Crippen molar-refractivity contribution in [1.29, 1.82) is 0 Å². The molecular formula is C16H17FN2O. The van der Waals surface area contributed by atoms with Crippen molar-refractivity contribution < 1.29 is 9.18 Å². The van der Waals surface area contributed by atoms with Crippen LogP contribution in [0.1, 0.15) is 5.56 Å². The number of halogens is 1. The minimum Gasteiger partial charge on any atom is -0.331 e. The van der Waals surface area contributed by atoms with E-state index in [9.17, 15) is 9.18 Å². The highest BCUT2D eigenvalue weighted by molar-refractivity contribution is 5.94. The van der Waals surface area contributed by atoms with E-state index in [1.165, 1.54) is 17.0 Å². The van der Waals surface area contributed by atoms with Gasteiger partial charge in [-0.05, 0) is 36.8 Å². The van der Waals surface area contributed by atoms with E-state index in [2.05, 4.69) is 5.32 Å². The van der Waals surface area contributed by atoms with E-state index in [0.29, 0.717) is 5.69 Å². The fourth-order valence-electron chi connectivity index (χ4n) is 1.89. The van der Waals surface area contributed by atoms with Gasteiger partial charge in [-0.25, -0.2) is 9.18 Å².